The van der Waals surface area contributed by atoms with Gasteiger partial charge in [0.25, 0.3) is 0 Å². The highest BCUT2D eigenvalue weighted by molar-refractivity contribution is 5.96. The predicted octanol–water partition coefficient (Wildman–Crippen LogP) is 3.80. The smallest absolute Gasteiger partial charge is 0.231 e. The molecule has 20 heavy (non-hydrogen) atoms. The Bertz CT molecular complexity index is 650. The molecule has 0 saturated heterocycles. The topological polar surface area (TPSA) is 29.1 Å². The maximum absolute atomic E-state index is 12.3. The molecule has 0 spiro atoms. The maximum atomic E-state index is 12.3. The quantitative estimate of drug-likeness (QED) is 0.838. The molecule has 1 amide bonds. The Balaban J connectivity index is 2.18. The molecular formula is C18H17NO. The summed E-state index contributed by atoms with van der Waals surface area (Å²) in [5, 5.41) is 2.95. The fourth-order valence-corrected chi connectivity index (χ4v) is 1.97. The second-order valence-corrected chi connectivity index (χ2v) is 4.54. The van der Waals surface area contributed by atoms with Crippen LogP contribution < -0.4 is 5.32 Å². The van der Waals surface area contributed by atoms with Gasteiger partial charge in [0.2, 0.25) is 5.91 Å². The SMILES string of the molecule is CC#Cc1ccccc1NC(=O)C(C)c1ccccc1. The normalized spacial score (nSPS) is 11.1. The Morgan fingerprint density at radius 2 is 1.70 bits per heavy atom. The summed E-state index contributed by atoms with van der Waals surface area (Å²) in [5.74, 6) is 5.63. The molecule has 2 heteroatoms. The van der Waals surface area contributed by atoms with Crippen LogP contribution in [0.5, 0.6) is 0 Å². The molecular weight excluding hydrogens is 246 g/mol. The molecule has 2 rings (SSSR count). The van der Waals surface area contributed by atoms with Crippen LogP contribution >= 0.6 is 0 Å². The first-order chi connectivity index (χ1) is 9.72. The van der Waals surface area contributed by atoms with Crippen molar-refractivity contribution in [1.82, 2.24) is 0 Å². The van der Waals surface area contributed by atoms with E-state index in [1.54, 1.807) is 6.92 Å². The molecule has 0 aromatic heterocycles. The molecule has 0 fully saturated rings. The highest BCUT2D eigenvalue weighted by Crippen LogP contribution is 2.19. The summed E-state index contributed by atoms with van der Waals surface area (Å²) in [6.07, 6.45) is 0. The van der Waals surface area contributed by atoms with E-state index in [1.165, 1.54) is 0 Å². The van der Waals surface area contributed by atoms with Crippen LogP contribution in [0.2, 0.25) is 0 Å². The summed E-state index contributed by atoms with van der Waals surface area (Å²) in [6.45, 7) is 3.68. The van der Waals surface area contributed by atoms with Crippen molar-refractivity contribution in [3.8, 4) is 11.8 Å². The lowest BCUT2D eigenvalue weighted by Crippen LogP contribution is -2.19. The highest BCUT2D eigenvalue weighted by Gasteiger charge is 2.15. The molecule has 0 saturated carbocycles. The fourth-order valence-electron chi connectivity index (χ4n) is 1.97. The Kier molecular flexibility index (Phi) is 4.57. The lowest BCUT2D eigenvalue weighted by molar-refractivity contribution is -0.117. The van der Waals surface area contributed by atoms with Gasteiger partial charge >= 0.3 is 0 Å². The van der Waals surface area contributed by atoms with Crippen LogP contribution in [0.4, 0.5) is 5.69 Å². The molecule has 2 nitrogen and oxygen atoms in total. The van der Waals surface area contributed by atoms with Gasteiger partial charge in [0, 0.05) is 5.56 Å². The van der Waals surface area contributed by atoms with E-state index in [-0.39, 0.29) is 11.8 Å². The van der Waals surface area contributed by atoms with E-state index in [0.29, 0.717) is 0 Å². The van der Waals surface area contributed by atoms with Gasteiger partial charge in [-0.25, -0.2) is 0 Å². The number of amides is 1. The van der Waals surface area contributed by atoms with Crippen molar-refractivity contribution in [3.05, 3.63) is 65.7 Å². The minimum Gasteiger partial charge on any atom is -0.324 e. The van der Waals surface area contributed by atoms with Crippen molar-refractivity contribution in [2.45, 2.75) is 19.8 Å². The number of carbonyl (C=O) groups excluding carboxylic acids is 1. The first kappa shape index (κ1) is 13.9. The standard InChI is InChI=1S/C18H17NO/c1-3-9-16-12-7-8-13-17(16)19-18(20)14(2)15-10-5-4-6-11-15/h4-8,10-14H,1-2H3,(H,19,20). The van der Waals surface area contributed by atoms with Crippen LogP contribution in [0.15, 0.2) is 54.6 Å². The number of carbonyl (C=O) groups is 1. The first-order valence-corrected chi connectivity index (χ1v) is 6.60. The van der Waals surface area contributed by atoms with E-state index in [9.17, 15) is 4.79 Å². The van der Waals surface area contributed by atoms with Crippen LogP contribution in [0.3, 0.4) is 0 Å². The van der Waals surface area contributed by atoms with Crippen LogP contribution in [0.25, 0.3) is 0 Å². The third kappa shape index (κ3) is 3.27. The second kappa shape index (κ2) is 6.58. The van der Waals surface area contributed by atoms with Gasteiger partial charge < -0.3 is 5.32 Å². The average molecular weight is 263 g/mol. The van der Waals surface area contributed by atoms with Gasteiger partial charge in [-0.05, 0) is 31.5 Å². The van der Waals surface area contributed by atoms with Gasteiger partial charge in [0.05, 0.1) is 11.6 Å². The molecule has 1 N–H and O–H groups in total. The average Bonchev–Trinajstić information content (AvgIpc) is 2.49. The van der Waals surface area contributed by atoms with Gasteiger partial charge in [-0.2, -0.15) is 0 Å². The van der Waals surface area contributed by atoms with Crippen molar-refractivity contribution < 1.29 is 4.79 Å². The molecule has 100 valence electrons. The first-order valence-electron chi connectivity index (χ1n) is 6.60. The van der Waals surface area contributed by atoms with E-state index < -0.39 is 0 Å². The van der Waals surface area contributed by atoms with Crippen molar-refractivity contribution in [1.29, 1.82) is 0 Å². The molecule has 0 radical (unpaired) electrons. The lowest BCUT2D eigenvalue weighted by atomic mass is 10.0. The number of anilines is 1. The Labute approximate surface area is 119 Å². The Morgan fingerprint density at radius 1 is 1.05 bits per heavy atom. The number of para-hydroxylation sites is 1. The fraction of sp³-hybridized carbons (Fsp3) is 0.167. The summed E-state index contributed by atoms with van der Waals surface area (Å²) in [6, 6.07) is 17.3. The molecule has 1 unspecified atom stereocenters. The Morgan fingerprint density at radius 3 is 2.40 bits per heavy atom. The van der Waals surface area contributed by atoms with Crippen molar-refractivity contribution in [2.75, 3.05) is 5.32 Å². The molecule has 0 aliphatic carbocycles. The molecule has 2 aromatic carbocycles. The summed E-state index contributed by atoms with van der Waals surface area (Å²) in [4.78, 5) is 12.3. The van der Waals surface area contributed by atoms with Crippen LogP contribution in [-0.2, 0) is 4.79 Å². The lowest BCUT2D eigenvalue weighted by Gasteiger charge is -2.13. The van der Waals surface area contributed by atoms with Crippen molar-refractivity contribution >= 4 is 11.6 Å². The molecule has 2 aromatic rings. The molecule has 0 aliphatic heterocycles. The van der Waals surface area contributed by atoms with Crippen LogP contribution in [0.1, 0.15) is 30.9 Å². The summed E-state index contributed by atoms with van der Waals surface area (Å²) < 4.78 is 0. The summed E-state index contributed by atoms with van der Waals surface area (Å²) >= 11 is 0. The van der Waals surface area contributed by atoms with E-state index in [2.05, 4.69) is 17.2 Å². The highest BCUT2D eigenvalue weighted by atomic mass is 16.1. The number of nitrogens with one attached hydrogen (secondary N) is 1. The third-order valence-corrected chi connectivity index (χ3v) is 3.14. The van der Waals surface area contributed by atoms with Crippen LogP contribution in [-0.4, -0.2) is 5.91 Å². The van der Waals surface area contributed by atoms with E-state index in [1.807, 2.05) is 61.5 Å². The Hall–Kier alpha value is -2.53. The maximum Gasteiger partial charge on any atom is 0.231 e. The molecule has 0 bridgehead atoms. The zero-order chi connectivity index (χ0) is 14.4. The van der Waals surface area contributed by atoms with E-state index >= 15 is 0 Å². The van der Waals surface area contributed by atoms with Gasteiger partial charge in [0.1, 0.15) is 0 Å². The summed E-state index contributed by atoms with van der Waals surface area (Å²) in [5.41, 5.74) is 2.60. The van der Waals surface area contributed by atoms with Gasteiger partial charge in [0.15, 0.2) is 0 Å². The van der Waals surface area contributed by atoms with E-state index in [4.69, 9.17) is 0 Å². The van der Waals surface area contributed by atoms with Crippen LogP contribution in [0, 0.1) is 11.8 Å². The minimum absolute atomic E-state index is 0.0263. The predicted molar refractivity (Wildman–Crippen MR) is 82.5 cm³/mol. The zero-order valence-corrected chi connectivity index (χ0v) is 11.7. The zero-order valence-electron chi connectivity index (χ0n) is 11.7. The monoisotopic (exact) mass is 263 g/mol. The minimum atomic E-state index is -0.196. The van der Waals surface area contributed by atoms with Gasteiger partial charge in [-0.3, -0.25) is 4.79 Å². The number of rotatable bonds is 3. The molecule has 0 aliphatic rings. The van der Waals surface area contributed by atoms with Gasteiger partial charge in [-0.15, -0.1) is 5.92 Å². The summed E-state index contributed by atoms with van der Waals surface area (Å²) in [7, 11) is 0. The number of hydrogen-bond acceptors (Lipinski definition) is 1. The van der Waals surface area contributed by atoms with E-state index in [0.717, 1.165) is 16.8 Å². The second-order valence-electron chi connectivity index (χ2n) is 4.54. The number of hydrogen-bond donors (Lipinski definition) is 1. The molecule has 0 heterocycles. The van der Waals surface area contributed by atoms with Crippen molar-refractivity contribution in [3.63, 3.8) is 0 Å². The molecule has 1 atom stereocenters. The third-order valence-electron chi connectivity index (χ3n) is 3.14. The largest absolute Gasteiger partial charge is 0.324 e. The van der Waals surface area contributed by atoms with Crippen molar-refractivity contribution in [2.24, 2.45) is 0 Å². The van der Waals surface area contributed by atoms with Gasteiger partial charge in [-0.1, -0.05) is 48.4 Å². The number of benzene rings is 2.